The van der Waals surface area contributed by atoms with E-state index in [1.165, 1.54) is 33.5 Å². The molecular weight excluding hydrogens is 448 g/mol. The molecule has 1 atom stereocenters. The lowest BCUT2D eigenvalue weighted by Gasteiger charge is -2.32. The van der Waals surface area contributed by atoms with Crippen molar-refractivity contribution in [2.75, 3.05) is 46.3 Å². The van der Waals surface area contributed by atoms with Crippen LogP contribution in [0.3, 0.4) is 0 Å². The van der Waals surface area contributed by atoms with Crippen LogP contribution in [0.1, 0.15) is 47.1 Å². The average Bonchev–Trinajstić information content (AvgIpc) is 2.90. The Morgan fingerprint density at radius 1 is 0.889 bits per heavy atom. The number of hydrogen-bond donors (Lipinski definition) is 1. The minimum absolute atomic E-state index is 0.351. The number of methoxy groups -OCH3 is 2. The highest BCUT2D eigenvalue weighted by Crippen LogP contribution is 2.43. The highest BCUT2D eigenvalue weighted by molar-refractivity contribution is 5.64. The quantitative estimate of drug-likeness (QED) is 0.390. The Bertz CT molecular complexity index is 1160. The SMILES string of the molecule is CCN(Cc1ccc(CCN(C)C)cc1)c1cc(OC)c(OC)cc1[C@H]1CCc2cc(O)ccc2C1. The zero-order valence-electron chi connectivity index (χ0n) is 22.4. The number of hydrogen-bond acceptors (Lipinski definition) is 5. The molecule has 0 saturated carbocycles. The van der Waals surface area contributed by atoms with E-state index in [9.17, 15) is 5.11 Å². The summed E-state index contributed by atoms with van der Waals surface area (Å²) in [5.74, 6) is 2.26. The van der Waals surface area contributed by atoms with Crippen LogP contribution in [-0.2, 0) is 25.8 Å². The second-order valence-electron chi connectivity index (χ2n) is 10.0. The molecule has 0 saturated heterocycles. The normalized spacial score (nSPS) is 15.0. The van der Waals surface area contributed by atoms with E-state index in [4.69, 9.17) is 9.47 Å². The van der Waals surface area contributed by atoms with Gasteiger partial charge in [0.05, 0.1) is 14.2 Å². The lowest BCUT2D eigenvalue weighted by Crippen LogP contribution is -2.25. The molecule has 192 valence electrons. The van der Waals surface area contributed by atoms with Crippen molar-refractivity contribution in [3.63, 3.8) is 0 Å². The Balaban J connectivity index is 1.64. The molecule has 0 aliphatic heterocycles. The number of rotatable bonds is 10. The third-order valence-electron chi connectivity index (χ3n) is 7.36. The van der Waals surface area contributed by atoms with Crippen LogP contribution in [0.2, 0.25) is 0 Å². The summed E-state index contributed by atoms with van der Waals surface area (Å²) in [6, 6.07) is 19.2. The third kappa shape index (κ3) is 5.96. The molecule has 0 unspecified atom stereocenters. The summed E-state index contributed by atoms with van der Waals surface area (Å²) in [6.45, 7) is 5.00. The van der Waals surface area contributed by atoms with Gasteiger partial charge in [0.1, 0.15) is 5.75 Å². The molecule has 1 aliphatic rings. The molecule has 36 heavy (non-hydrogen) atoms. The van der Waals surface area contributed by atoms with E-state index < -0.39 is 0 Å². The molecule has 0 spiro atoms. The van der Waals surface area contributed by atoms with Gasteiger partial charge in [-0.1, -0.05) is 30.3 Å². The zero-order valence-corrected chi connectivity index (χ0v) is 22.4. The Morgan fingerprint density at radius 3 is 2.25 bits per heavy atom. The van der Waals surface area contributed by atoms with Crippen LogP contribution in [0.25, 0.3) is 0 Å². The van der Waals surface area contributed by atoms with Crippen molar-refractivity contribution in [2.24, 2.45) is 0 Å². The standard InChI is InChI=1S/C31H40N2O3/c1-6-33(21-23-9-7-22(8-10-23)15-16-32(2)3)29-20-31(36-5)30(35-4)19-28(29)26-12-11-25-18-27(34)14-13-24(25)17-26/h7-10,13-14,18-20,26,34H,6,11-12,15-17,21H2,1-5H3/t26-/m0/s1. The van der Waals surface area contributed by atoms with Gasteiger partial charge in [-0.2, -0.15) is 0 Å². The lowest BCUT2D eigenvalue weighted by atomic mass is 9.79. The molecule has 0 aromatic heterocycles. The molecule has 0 amide bonds. The van der Waals surface area contributed by atoms with Crippen molar-refractivity contribution < 1.29 is 14.6 Å². The summed E-state index contributed by atoms with van der Waals surface area (Å²) in [7, 11) is 7.63. The third-order valence-corrected chi connectivity index (χ3v) is 7.36. The molecule has 5 nitrogen and oxygen atoms in total. The van der Waals surface area contributed by atoms with Crippen LogP contribution in [0.15, 0.2) is 54.6 Å². The molecular formula is C31H40N2O3. The first-order valence-electron chi connectivity index (χ1n) is 13.0. The number of phenolic OH excluding ortho intramolecular Hbond substituents is 1. The monoisotopic (exact) mass is 488 g/mol. The van der Waals surface area contributed by atoms with E-state index in [0.29, 0.717) is 11.7 Å². The first kappa shape index (κ1) is 25.9. The molecule has 5 heteroatoms. The van der Waals surface area contributed by atoms with Crippen molar-refractivity contribution in [1.29, 1.82) is 0 Å². The van der Waals surface area contributed by atoms with Crippen molar-refractivity contribution in [3.05, 3.63) is 82.4 Å². The fourth-order valence-electron chi connectivity index (χ4n) is 5.24. The lowest BCUT2D eigenvalue weighted by molar-refractivity contribution is 0.354. The summed E-state index contributed by atoms with van der Waals surface area (Å²) < 4.78 is 11.4. The van der Waals surface area contributed by atoms with Crippen molar-refractivity contribution in [2.45, 2.75) is 45.1 Å². The van der Waals surface area contributed by atoms with Gasteiger partial charge in [-0.25, -0.2) is 0 Å². The molecule has 1 aliphatic carbocycles. The predicted octanol–water partition coefficient (Wildman–Crippen LogP) is 5.81. The number of anilines is 1. The van der Waals surface area contributed by atoms with Crippen molar-refractivity contribution >= 4 is 5.69 Å². The molecule has 0 fully saturated rings. The maximum absolute atomic E-state index is 9.92. The maximum Gasteiger partial charge on any atom is 0.162 e. The smallest absolute Gasteiger partial charge is 0.162 e. The molecule has 3 aromatic carbocycles. The van der Waals surface area contributed by atoms with Crippen LogP contribution in [0.5, 0.6) is 17.2 Å². The Kier molecular flexibility index (Phi) is 8.42. The first-order chi connectivity index (χ1) is 17.4. The summed E-state index contributed by atoms with van der Waals surface area (Å²) >= 11 is 0. The van der Waals surface area contributed by atoms with E-state index in [1.807, 2.05) is 6.07 Å². The largest absolute Gasteiger partial charge is 0.508 e. The van der Waals surface area contributed by atoms with E-state index in [0.717, 1.165) is 56.8 Å². The van der Waals surface area contributed by atoms with Gasteiger partial charge < -0.3 is 24.4 Å². The predicted molar refractivity (Wildman–Crippen MR) is 148 cm³/mol. The molecule has 0 heterocycles. The molecule has 0 bridgehead atoms. The van der Waals surface area contributed by atoms with Crippen LogP contribution >= 0.6 is 0 Å². The summed E-state index contributed by atoms with van der Waals surface area (Å²) in [5, 5.41) is 9.92. The van der Waals surface area contributed by atoms with Gasteiger partial charge in [0.15, 0.2) is 11.5 Å². The Morgan fingerprint density at radius 2 is 1.58 bits per heavy atom. The number of aromatic hydroxyl groups is 1. The highest BCUT2D eigenvalue weighted by Gasteiger charge is 2.26. The number of ether oxygens (including phenoxy) is 2. The number of fused-ring (bicyclic) bond motifs is 1. The second kappa shape index (κ2) is 11.7. The van der Waals surface area contributed by atoms with Gasteiger partial charge in [-0.15, -0.1) is 0 Å². The Hall–Kier alpha value is -3.18. The van der Waals surface area contributed by atoms with E-state index in [1.54, 1.807) is 20.3 Å². The zero-order chi connectivity index (χ0) is 25.7. The minimum atomic E-state index is 0.351. The molecule has 1 N–H and O–H groups in total. The second-order valence-corrected chi connectivity index (χ2v) is 10.0. The van der Waals surface area contributed by atoms with Gasteiger partial charge in [0.2, 0.25) is 0 Å². The van der Waals surface area contributed by atoms with Crippen LogP contribution in [0.4, 0.5) is 5.69 Å². The maximum atomic E-state index is 9.92. The van der Waals surface area contributed by atoms with Gasteiger partial charge in [0.25, 0.3) is 0 Å². The molecule has 4 rings (SSSR count). The van der Waals surface area contributed by atoms with E-state index >= 15 is 0 Å². The Labute approximate surface area is 216 Å². The summed E-state index contributed by atoms with van der Waals surface area (Å²) in [6.07, 6.45) is 4.02. The van der Waals surface area contributed by atoms with E-state index in [-0.39, 0.29) is 0 Å². The highest BCUT2D eigenvalue weighted by atomic mass is 16.5. The summed E-state index contributed by atoms with van der Waals surface area (Å²) in [5.41, 5.74) is 7.76. The average molecular weight is 489 g/mol. The number of likely N-dealkylation sites (N-methyl/N-ethyl adjacent to an activating group) is 1. The number of benzene rings is 3. The number of aryl methyl sites for hydroxylation is 1. The fraction of sp³-hybridized carbons (Fsp3) is 0.419. The van der Waals surface area contributed by atoms with Gasteiger partial charge in [-0.05, 0) is 98.6 Å². The number of phenols is 1. The topological polar surface area (TPSA) is 45.2 Å². The van der Waals surface area contributed by atoms with Gasteiger partial charge in [0, 0.05) is 31.4 Å². The fourth-order valence-corrected chi connectivity index (χ4v) is 5.24. The summed E-state index contributed by atoms with van der Waals surface area (Å²) in [4.78, 5) is 4.66. The van der Waals surface area contributed by atoms with Gasteiger partial charge in [-0.3, -0.25) is 0 Å². The van der Waals surface area contributed by atoms with Crippen LogP contribution < -0.4 is 14.4 Å². The van der Waals surface area contributed by atoms with Crippen LogP contribution in [0, 0.1) is 0 Å². The molecule has 0 radical (unpaired) electrons. The van der Waals surface area contributed by atoms with Gasteiger partial charge >= 0.3 is 0 Å². The van der Waals surface area contributed by atoms with Crippen molar-refractivity contribution in [1.82, 2.24) is 4.90 Å². The van der Waals surface area contributed by atoms with Crippen LogP contribution in [-0.4, -0.2) is 51.4 Å². The molecule has 3 aromatic rings. The van der Waals surface area contributed by atoms with E-state index in [2.05, 4.69) is 73.3 Å². The van der Waals surface area contributed by atoms with Crippen molar-refractivity contribution in [3.8, 4) is 17.2 Å². The number of nitrogens with zero attached hydrogens (tertiary/aromatic N) is 2. The minimum Gasteiger partial charge on any atom is -0.508 e. The first-order valence-corrected chi connectivity index (χ1v) is 13.0.